The Bertz CT molecular complexity index is 271. The van der Waals surface area contributed by atoms with Crippen molar-refractivity contribution in [3.63, 3.8) is 0 Å². The molecular weight excluding hydrogens is 176 g/mol. The molecule has 0 N–H and O–H groups in total. The molecule has 1 fully saturated rings. The fourth-order valence-electron chi connectivity index (χ4n) is 1.71. The van der Waals surface area contributed by atoms with Crippen LogP contribution >= 0.6 is 0 Å². The van der Waals surface area contributed by atoms with Gasteiger partial charge in [-0.15, -0.1) is 0 Å². The summed E-state index contributed by atoms with van der Waals surface area (Å²) in [6, 6.07) is 10.3. The summed E-state index contributed by atoms with van der Waals surface area (Å²) >= 11 is 0. The summed E-state index contributed by atoms with van der Waals surface area (Å²) in [5.41, 5.74) is 1.23. The highest BCUT2D eigenvalue weighted by molar-refractivity contribution is 5.13. The molecule has 0 aromatic heterocycles. The lowest BCUT2D eigenvalue weighted by molar-refractivity contribution is -0.00881. The Balaban J connectivity index is 1.82. The maximum atomic E-state index is 5.78. The molecule has 1 saturated heterocycles. The van der Waals surface area contributed by atoms with Gasteiger partial charge in [-0.05, 0) is 18.9 Å². The number of rotatable bonds is 3. The highest BCUT2D eigenvalue weighted by atomic mass is 16.6. The van der Waals surface area contributed by atoms with Crippen LogP contribution in [0.2, 0.25) is 0 Å². The van der Waals surface area contributed by atoms with Gasteiger partial charge in [0.2, 0.25) is 0 Å². The van der Waals surface area contributed by atoms with Crippen molar-refractivity contribution in [3.8, 4) is 0 Å². The van der Waals surface area contributed by atoms with Crippen LogP contribution in [0.4, 0.5) is 0 Å². The summed E-state index contributed by atoms with van der Waals surface area (Å²) < 4.78 is 11.2. The summed E-state index contributed by atoms with van der Waals surface area (Å²) in [6.07, 6.45) is 1.54. The normalized spacial score (nSPS) is 26.6. The van der Waals surface area contributed by atoms with E-state index in [1.807, 2.05) is 18.2 Å². The molecule has 76 valence electrons. The van der Waals surface area contributed by atoms with Crippen LogP contribution in [0.5, 0.6) is 0 Å². The zero-order valence-electron chi connectivity index (χ0n) is 8.48. The predicted octanol–water partition coefficient (Wildman–Crippen LogP) is 2.38. The van der Waals surface area contributed by atoms with Crippen LogP contribution in [-0.4, -0.2) is 18.8 Å². The van der Waals surface area contributed by atoms with E-state index in [1.54, 1.807) is 0 Å². The monoisotopic (exact) mass is 192 g/mol. The SMILES string of the molecule is CC1OCCC1OCc1ccccc1. The van der Waals surface area contributed by atoms with Crippen molar-refractivity contribution in [2.45, 2.75) is 32.2 Å². The molecule has 2 heteroatoms. The minimum atomic E-state index is 0.249. The first-order valence-electron chi connectivity index (χ1n) is 5.13. The van der Waals surface area contributed by atoms with Crippen molar-refractivity contribution in [2.24, 2.45) is 0 Å². The van der Waals surface area contributed by atoms with E-state index in [2.05, 4.69) is 19.1 Å². The molecule has 0 saturated carbocycles. The maximum absolute atomic E-state index is 5.78. The van der Waals surface area contributed by atoms with Gasteiger partial charge in [-0.25, -0.2) is 0 Å². The Hall–Kier alpha value is -0.860. The van der Waals surface area contributed by atoms with Crippen molar-refractivity contribution in [2.75, 3.05) is 6.61 Å². The molecule has 1 aromatic rings. The number of hydrogen-bond donors (Lipinski definition) is 0. The fraction of sp³-hybridized carbons (Fsp3) is 0.500. The molecule has 1 aromatic carbocycles. The van der Waals surface area contributed by atoms with Gasteiger partial charge in [0, 0.05) is 6.61 Å². The maximum Gasteiger partial charge on any atom is 0.0860 e. The molecule has 2 rings (SSSR count). The lowest BCUT2D eigenvalue weighted by atomic mass is 10.2. The molecule has 0 aliphatic carbocycles. The van der Waals surface area contributed by atoms with Crippen LogP contribution in [0.15, 0.2) is 30.3 Å². The molecular formula is C12H16O2. The Kier molecular flexibility index (Phi) is 3.17. The third-order valence-corrected chi connectivity index (χ3v) is 2.61. The molecule has 0 amide bonds. The first-order chi connectivity index (χ1) is 6.86. The van der Waals surface area contributed by atoms with Gasteiger partial charge in [-0.3, -0.25) is 0 Å². The van der Waals surface area contributed by atoms with E-state index in [4.69, 9.17) is 9.47 Å². The number of hydrogen-bond acceptors (Lipinski definition) is 2. The van der Waals surface area contributed by atoms with Crippen molar-refractivity contribution >= 4 is 0 Å². The quantitative estimate of drug-likeness (QED) is 0.732. The minimum absolute atomic E-state index is 0.249. The summed E-state index contributed by atoms with van der Waals surface area (Å²) in [4.78, 5) is 0. The van der Waals surface area contributed by atoms with Crippen LogP contribution in [0.3, 0.4) is 0 Å². The molecule has 0 radical (unpaired) electrons. The average Bonchev–Trinajstić information content (AvgIpc) is 2.63. The highest BCUT2D eigenvalue weighted by Gasteiger charge is 2.24. The van der Waals surface area contributed by atoms with Crippen LogP contribution in [-0.2, 0) is 16.1 Å². The first-order valence-corrected chi connectivity index (χ1v) is 5.13. The van der Waals surface area contributed by atoms with Gasteiger partial charge in [0.05, 0.1) is 18.8 Å². The average molecular weight is 192 g/mol. The molecule has 0 bridgehead atoms. The Morgan fingerprint density at radius 3 is 2.79 bits per heavy atom. The van der Waals surface area contributed by atoms with Gasteiger partial charge >= 0.3 is 0 Å². The van der Waals surface area contributed by atoms with E-state index in [-0.39, 0.29) is 12.2 Å². The second-order valence-corrected chi connectivity index (χ2v) is 3.70. The third-order valence-electron chi connectivity index (χ3n) is 2.61. The van der Waals surface area contributed by atoms with E-state index in [1.165, 1.54) is 5.56 Å². The van der Waals surface area contributed by atoms with E-state index >= 15 is 0 Å². The lowest BCUT2D eigenvalue weighted by Gasteiger charge is -2.14. The van der Waals surface area contributed by atoms with Crippen LogP contribution in [0, 0.1) is 0 Å². The first kappa shape index (κ1) is 9.69. The lowest BCUT2D eigenvalue weighted by Crippen LogP contribution is -2.20. The van der Waals surface area contributed by atoms with Crippen molar-refractivity contribution in [1.29, 1.82) is 0 Å². The molecule has 1 heterocycles. The standard InChI is InChI=1S/C12H16O2/c1-10-12(7-8-13-10)14-9-11-5-3-2-4-6-11/h2-6,10,12H,7-9H2,1H3. The second kappa shape index (κ2) is 4.58. The van der Waals surface area contributed by atoms with Gasteiger partial charge in [0.25, 0.3) is 0 Å². The molecule has 0 spiro atoms. The molecule has 1 aliphatic heterocycles. The van der Waals surface area contributed by atoms with Gasteiger partial charge in [0.15, 0.2) is 0 Å². The second-order valence-electron chi connectivity index (χ2n) is 3.70. The van der Waals surface area contributed by atoms with E-state index in [0.717, 1.165) is 13.0 Å². The minimum Gasteiger partial charge on any atom is -0.376 e. The van der Waals surface area contributed by atoms with E-state index < -0.39 is 0 Å². The summed E-state index contributed by atoms with van der Waals surface area (Å²) in [7, 11) is 0. The fourth-order valence-corrected chi connectivity index (χ4v) is 1.71. The Morgan fingerprint density at radius 1 is 1.36 bits per heavy atom. The number of benzene rings is 1. The van der Waals surface area contributed by atoms with Crippen molar-refractivity contribution in [3.05, 3.63) is 35.9 Å². The van der Waals surface area contributed by atoms with Crippen molar-refractivity contribution in [1.82, 2.24) is 0 Å². The zero-order valence-corrected chi connectivity index (χ0v) is 8.48. The summed E-state index contributed by atoms with van der Waals surface area (Å²) in [6.45, 7) is 3.60. The van der Waals surface area contributed by atoms with Crippen LogP contribution in [0.25, 0.3) is 0 Å². The highest BCUT2D eigenvalue weighted by Crippen LogP contribution is 2.17. The van der Waals surface area contributed by atoms with Gasteiger partial charge in [-0.2, -0.15) is 0 Å². The summed E-state index contributed by atoms with van der Waals surface area (Å²) in [5, 5.41) is 0. The molecule has 2 unspecified atom stereocenters. The zero-order chi connectivity index (χ0) is 9.80. The molecule has 2 nitrogen and oxygen atoms in total. The largest absolute Gasteiger partial charge is 0.376 e. The number of ether oxygens (including phenoxy) is 2. The Labute approximate surface area is 84.8 Å². The van der Waals surface area contributed by atoms with Crippen molar-refractivity contribution < 1.29 is 9.47 Å². The van der Waals surface area contributed by atoms with E-state index in [9.17, 15) is 0 Å². The van der Waals surface area contributed by atoms with Gasteiger partial charge in [-0.1, -0.05) is 30.3 Å². The molecule has 1 aliphatic rings. The topological polar surface area (TPSA) is 18.5 Å². The van der Waals surface area contributed by atoms with E-state index in [0.29, 0.717) is 6.61 Å². The third kappa shape index (κ3) is 2.34. The van der Waals surface area contributed by atoms with Gasteiger partial charge < -0.3 is 9.47 Å². The predicted molar refractivity (Wildman–Crippen MR) is 55.1 cm³/mol. The molecule has 2 atom stereocenters. The Morgan fingerprint density at radius 2 is 2.14 bits per heavy atom. The summed E-state index contributed by atoms with van der Waals surface area (Å²) in [5.74, 6) is 0. The van der Waals surface area contributed by atoms with Crippen LogP contribution < -0.4 is 0 Å². The van der Waals surface area contributed by atoms with Crippen LogP contribution in [0.1, 0.15) is 18.9 Å². The van der Waals surface area contributed by atoms with Gasteiger partial charge in [0.1, 0.15) is 0 Å². The molecule has 14 heavy (non-hydrogen) atoms. The smallest absolute Gasteiger partial charge is 0.0860 e.